The molecule has 2 nitrogen and oxygen atoms in total. The Kier molecular flexibility index (Phi) is 7.89. The average Bonchev–Trinajstić information content (AvgIpc) is 2.59. The molecule has 1 N–H and O–H groups in total. The molecule has 3 heteroatoms. The van der Waals surface area contributed by atoms with Crippen LogP contribution in [-0.4, -0.2) is 16.3 Å². The van der Waals surface area contributed by atoms with Gasteiger partial charge in [-0.2, -0.15) is 12.6 Å². The molecule has 0 aromatic carbocycles. The van der Waals surface area contributed by atoms with Crippen molar-refractivity contribution in [3.05, 3.63) is 0 Å². The highest BCUT2D eigenvalue weighted by Crippen LogP contribution is 2.35. The number of carboxylic acids is 1. The minimum atomic E-state index is -0.617. The molecular weight excluding hydrogens is 256 g/mol. The maximum Gasteiger partial charge on any atom is 0.306 e. The first-order valence-corrected chi connectivity index (χ1v) is 8.50. The quantitative estimate of drug-likeness (QED) is 0.522. The Morgan fingerprint density at radius 3 is 2.47 bits per heavy atom. The zero-order chi connectivity index (χ0) is 14.3. The Bertz CT molecular complexity index is 267. The van der Waals surface area contributed by atoms with Crippen molar-refractivity contribution in [2.75, 3.05) is 0 Å². The van der Waals surface area contributed by atoms with Crippen LogP contribution in [0.4, 0.5) is 0 Å². The zero-order valence-electron chi connectivity index (χ0n) is 12.5. The van der Waals surface area contributed by atoms with Crippen molar-refractivity contribution in [3.8, 4) is 0 Å². The van der Waals surface area contributed by atoms with Crippen LogP contribution < -0.4 is 0 Å². The zero-order valence-corrected chi connectivity index (χ0v) is 13.4. The molecule has 1 fully saturated rings. The molecule has 4 atom stereocenters. The van der Waals surface area contributed by atoms with Crippen LogP contribution in [0, 0.1) is 17.8 Å². The Morgan fingerprint density at radius 2 is 1.89 bits per heavy atom. The molecule has 0 aromatic rings. The van der Waals surface area contributed by atoms with Crippen LogP contribution in [0.25, 0.3) is 0 Å². The highest BCUT2D eigenvalue weighted by atomic mass is 32.1. The van der Waals surface area contributed by atoms with Gasteiger partial charge < -0.3 is 5.11 Å². The second-order valence-electron chi connectivity index (χ2n) is 6.11. The van der Waals surface area contributed by atoms with Gasteiger partial charge >= 0.3 is 5.97 Å². The number of rotatable bonds is 7. The van der Waals surface area contributed by atoms with Gasteiger partial charge in [-0.25, -0.2) is 0 Å². The number of hydrogen-bond donors (Lipinski definition) is 2. The van der Waals surface area contributed by atoms with Gasteiger partial charge in [-0.1, -0.05) is 33.1 Å². The molecule has 1 aliphatic carbocycles. The normalized spacial score (nSPS) is 27.5. The van der Waals surface area contributed by atoms with E-state index in [0.29, 0.717) is 11.2 Å². The van der Waals surface area contributed by atoms with Crippen molar-refractivity contribution in [3.63, 3.8) is 0 Å². The summed E-state index contributed by atoms with van der Waals surface area (Å²) in [7, 11) is 0. The molecule has 0 amide bonds. The topological polar surface area (TPSA) is 37.3 Å². The minimum Gasteiger partial charge on any atom is -0.481 e. The van der Waals surface area contributed by atoms with E-state index in [-0.39, 0.29) is 5.92 Å². The minimum absolute atomic E-state index is 0.141. The van der Waals surface area contributed by atoms with E-state index >= 15 is 0 Å². The molecule has 1 aliphatic rings. The molecule has 0 saturated heterocycles. The van der Waals surface area contributed by atoms with E-state index in [0.717, 1.165) is 25.2 Å². The van der Waals surface area contributed by atoms with Crippen LogP contribution in [0.15, 0.2) is 0 Å². The van der Waals surface area contributed by atoms with E-state index in [1.165, 1.54) is 38.5 Å². The molecule has 112 valence electrons. The number of carboxylic acid groups (broad SMARTS) is 1. The number of hydrogen-bond acceptors (Lipinski definition) is 2. The largest absolute Gasteiger partial charge is 0.481 e. The molecule has 0 bridgehead atoms. The van der Waals surface area contributed by atoms with Crippen molar-refractivity contribution in [1.29, 1.82) is 0 Å². The van der Waals surface area contributed by atoms with Crippen LogP contribution in [0.5, 0.6) is 0 Å². The Labute approximate surface area is 123 Å². The standard InChI is InChI=1S/C16H30O2S/c1-3-12(8-9-13(4-2)16(17)18)14-6-5-7-15(19)11-10-14/h12-15,19H,3-11H2,1-2H3,(H,17,18). The fourth-order valence-electron chi connectivity index (χ4n) is 3.47. The maximum absolute atomic E-state index is 11.1. The summed E-state index contributed by atoms with van der Waals surface area (Å²) in [6, 6.07) is 0. The summed E-state index contributed by atoms with van der Waals surface area (Å²) < 4.78 is 0. The fraction of sp³-hybridized carbons (Fsp3) is 0.938. The molecule has 19 heavy (non-hydrogen) atoms. The summed E-state index contributed by atoms with van der Waals surface area (Å²) in [4.78, 5) is 11.1. The number of carbonyl (C=O) groups is 1. The van der Waals surface area contributed by atoms with Crippen molar-refractivity contribution in [2.24, 2.45) is 17.8 Å². The third kappa shape index (κ3) is 5.76. The van der Waals surface area contributed by atoms with Crippen LogP contribution in [0.1, 0.15) is 71.6 Å². The first-order valence-electron chi connectivity index (χ1n) is 7.99. The Balaban J connectivity index is 2.45. The lowest BCUT2D eigenvalue weighted by Crippen LogP contribution is -2.18. The molecule has 0 aliphatic heterocycles. The van der Waals surface area contributed by atoms with Gasteiger partial charge in [0.15, 0.2) is 0 Å². The summed E-state index contributed by atoms with van der Waals surface area (Å²) >= 11 is 4.62. The monoisotopic (exact) mass is 286 g/mol. The lowest BCUT2D eigenvalue weighted by Gasteiger charge is -2.26. The molecule has 0 spiro atoms. The van der Waals surface area contributed by atoms with E-state index in [2.05, 4.69) is 19.6 Å². The highest BCUT2D eigenvalue weighted by molar-refractivity contribution is 7.80. The van der Waals surface area contributed by atoms with Crippen molar-refractivity contribution in [1.82, 2.24) is 0 Å². The summed E-state index contributed by atoms with van der Waals surface area (Å²) in [5.41, 5.74) is 0. The number of thiol groups is 1. The lowest BCUT2D eigenvalue weighted by atomic mass is 9.80. The lowest BCUT2D eigenvalue weighted by molar-refractivity contribution is -0.142. The Hall–Kier alpha value is -0.180. The number of aliphatic carboxylic acids is 1. The predicted molar refractivity (Wildman–Crippen MR) is 83.8 cm³/mol. The summed E-state index contributed by atoms with van der Waals surface area (Å²) in [5.74, 6) is 0.756. The average molecular weight is 286 g/mol. The van der Waals surface area contributed by atoms with Crippen molar-refractivity contribution >= 4 is 18.6 Å². The smallest absolute Gasteiger partial charge is 0.306 e. The van der Waals surface area contributed by atoms with Gasteiger partial charge in [0.05, 0.1) is 5.92 Å². The summed E-state index contributed by atoms with van der Waals surface area (Å²) in [5, 5.41) is 9.73. The third-order valence-electron chi connectivity index (χ3n) is 4.90. The van der Waals surface area contributed by atoms with Gasteiger partial charge in [0, 0.05) is 5.25 Å². The molecule has 0 aromatic heterocycles. The molecule has 0 heterocycles. The first-order chi connectivity index (χ1) is 9.08. The van der Waals surface area contributed by atoms with Gasteiger partial charge in [-0.3, -0.25) is 4.79 Å². The fourth-order valence-corrected chi connectivity index (χ4v) is 3.80. The van der Waals surface area contributed by atoms with Gasteiger partial charge in [-0.05, 0) is 50.4 Å². The maximum atomic E-state index is 11.1. The van der Waals surface area contributed by atoms with E-state index in [4.69, 9.17) is 5.11 Å². The van der Waals surface area contributed by atoms with E-state index in [9.17, 15) is 4.79 Å². The second kappa shape index (κ2) is 8.89. The third-order valence-corrected chi connectivity index (χ3v) is 5.42. The molecule has 4 unspecified atom stereocenters. The molecular formula is C16H30O2S. The van der Waals surface area contributed by atoms with Crippen LogP contribution in [0.2, 0.25) is 0 Å². The predicted octanol–water partition coefficient (Wildman–Crippen LogP) is 4.78. The first kappa shape index (κ1) is 16.9. The second-order valence-corrected chi connectivity index (χ2v) is 6.84. The van der Waals surface area contributed by atoms with Crippen LogP contribution >= 0.6 is 12.6 Å². The Morgan fingerprint density at radius 1 is 1.16 bits per heavy atom. The van der Waals surface area contributed by atoms with Gasteiger partial charge in [0.2, 0.25) is 0 Å². The molecule has 1 rings (SSSR count). The van der Waals surface area contributed by atoms with E-state index < -0.39 is 5.97 Å². The van der Waals surface area contributed by atoms with Crippen LogP contribution in [0.3, 0.4) is 0 Å². The summed E-state index contributed by atoms with van der Waals surface area (Å²) in [6.45, 7) is 4.24. The van der Waals surface area contributed by atoms with E-state index in [1.54, 1.807) is 0 Å². The summed E-state index contributed by atoms with van der Waals surface area (Å²) in [6.07, 6.45) is 10.3. The van der Waals surface area contributed by atoms with Gasteiger partial charge in [0.1, 0.15) is 0 Å². The SMILES string of the molecule is CCC(CCC(CC)C1CCCC(S)CC1)C(=O)O. The van der Waals surface area contributed by atoms with Gasteiger partial charge in [-0.15, -0.1) is 0 Å². The van der Waals surface area contributed by atoms with Crippen LogP contribution in [-0.2, 0) is 4.79 Å². The highest BCUT2D eigenvalue weighted by Gasteiger charge is 2.25. The van der Waals surface area contributed by atoms with Crippen molar-refractivity contribution < 1.29 is 9.90 Å². The van der Waals surface area contributed by atoms with Crippen molar-refractivity contribution in [2.45, 2.75) is 76.9 Å². The van der Waals surface area contributed by atoms with Gasteiger partial charge in [0.25, 0.3) is 0 Å². The van der Waals surface area contributed by atoms with E-state index in [1.807, 2.05) is 6.92 Å². The molecule has 0 radical (unpaired) electrons. The molecule has 1 saturated carbocycles.